The third-order valence-corrected chi connectivity index (χ3v) is 5.05. The van der Waals surface area contributed by atoms with Gasteiger partial charge in [0.25, 0.3) is 0 Å². The smallest absolute Gasteiger partial charge is 0.191 e. The van der Waals surface area contributed by atoms with E-state index in [0.29, 0.717) is 12.1 Å². The zero-order valence-corrected chi connectivity index (χ0v) is 20.2. The highest BCUT2D eigenvalue weighted by Crippen LogP contribution is 2.20. The minimum Gasteiger partial charge on any atom is -0.383 e. The first-order valence-electron chi connectivity index (χ1n) is 10.1. The number of benzene rings is 1. The maximum absolute atomic E-state index is 5.12. The van der Waals surface area contributed by atoms with Gasteiger partial charge < -0.3 is 20.3 Å². The number of ether oxygens (including phenoxy) is 1. The van der Waals surface area contributed by atoms with Gasteiger partial charge in [-0.3, -0.25) is 9.89 Å². The van der Waals surface area contributed by atoms with Crippen LogP contribution in [0.1, 0.15) is 25.8 Å². The lowest BCUT2D eigenvalue weighted by molar-refractivity contribution is 0.163. The second kappa shape index (κ2) is 14.1. The molecular formula is C21H38IN5O. The zero-order chi connectivity index (χ0) is 19.5. The monoisotopic (exact) mass is 503 g/mol. The molecule has 0 bridgehead atoms. The molecule has 0 aliphatic carbocycles. The number of likely N-dealkylation sites (tertiary alicyclic amines) is 1. The van der Waals surface area contributed by atoms with Crippen LogP contribution in [0.15, 0.2) is 35.3 Å². The molecule has 0 aromatic heterocycles. The Hall–Kier alpha value is -0.900. The van der Waals surface area contributed by atoms with Crippen molar-refractivity contribution in [1.29, 1.82) is 0 Å². The zero-order valence-electron chi connectivity index (χ0n) is 17.9. The van der Waals surface area contributed by atoms with Crippen LogP contribution in [0, 0.1) is 0 Å². The Morgan fingerprint density at radius 1 is 1.29 bits per heavy atom. The number of methoxy groups -OCH3 is 1. The molecule has 2 rings (SSSR count). The lowest BCUT2D eigenvalue weighted by Gasteiger charge is -2.21. The molecule has 2 unspecified atom stereocenters. The third kappa shape index (κ3) is 9.07. The van der Waals surface area contributed by atoms with E-state index >= 15 is 0 Å². The minimum absolute atomic E-state index is 0. The fraction of sp³-hybridized carbons (Fsp3) is 0.667. The van der Waals surface area contributed by atoms with E-state index < -0.39 is 0 Å². The van der Waals surface area contributed by atoms with Gasteiger partial charge in [-0.2, -0.15) is 0 Å². The molecule has 6 nitrogen and oxygen atoms in total. The van der Waals surface area contributed by atoms with Crippen LogP contribution in [-0.4, -0.2) is 81.3 Å². The molecule has 0 saturated carbocycles. The normalized spacial score (nSPS) is 20.2. The molecule has 1 saturated heterocycles. The average Bonchev–Trinajstić information content (AvgIpc) is 3.00. The molecule has 28 heavy (non-hydrogen) atoms. The van der Waals surface area contributed by atoms with Gasteiger partial charge in [-0.05, 0) is 32.9 Å². The molecule has 0 radical (unpaired) electrons. The molecule has 0 amide bonds. The Morgan fingerprint density at radius 3 is 2.71 bits per heavy atom. The number of nitrogens with one attached hydrogen (secondary N) is 2. The number of aliphatic imine (C=N–C) groups is 1. The average molecular weight is 503 g/mol. The quantitative estimate of drug-likeness (QED) is 0.292. The van der Waals surface area contributed by atoms with Gasteiger partial charge in [0.2, 0.25) is 0 Å². The van der Waals surface area contributed by atoms with E-state index in [0.717, 1.165) is 58.3 Å². The van der Waals surface area contributed by atoms with E-state index in [2.05, 4.69) is 71.7 Å². The van der Waals surface area contributed by atoms with E-state index in [4.69, 9.17) is 9.73 Å². The second-order valence-corrected chi connectivity index (χ2v) is 7.40. The first-order valence-corrected chi connectivity index (χ1v) is 10.1. The van der Waals surface area contributed by atoms with Gasteiger partial charge >= 0.3 is 0 Å². The van der Waals surface area contributed by atoms with Crippen molar-refractivity contribution in [3.05, 3.63) is 35.9 Å². The highest BCUT2D eigenvalue weighted by molar-refractivity contribution is 14.0. The molecule has 1 aliphatic rings. The van der Waals surface area contributed by atoms with Crippen LogP contribution in [0.5, 0.6) is 0 Å². The summed E-state index contributed by atoms with van der Waals surface area (Å²) in [7, 11) is 3.85. The van der Waals surface area contributed by atoms with Crippen LogP contribution < -0.4 is 10.6 Å². The molecule has 1 aromatic rings. The summed E-state index contributed by atoms with van der Waals surface area (Å²) in [4.78, 5) is 9.55. The van der Waals surface area contributed by atoms with Crippen LogP contribution >= 0.6 is 24.0 Å². The van der Waals surface area contributed by atoms with Gasteiger partial charge in [-0.1, -0.05) is 30.3 Å². The Kier molecular flexibility index (Phi) is 12.7. The summed E-state index contributed by atoms with van der Waals surface area (Å²) in [6, 6.07) is 11.7. The van der Waals surface area contributed by atoms with E-state index in [9.17, 15) is 0 Å². The maximum atomic E-state index is 5.12. The van der Waals surface area contributed by atoms with Gasteiger partial charge in [0, 0.05) is 51.9 Å². The van der Waals surface area contributed by atoms with Gasteiger partial charge in [-0.25, -0.2) is 0 Å². The van der Waals surface area contributed by atoms with Crippen molar-refractivity contribution < 1.29 is 4.74 Å². The SMILES string of the molecule is CCNC(=NCCN(C)CCOC)NC1CC(C)N(Cc2ccccc2)C1.I. The van der Waals surface area contributed by atoms with E-state index in [1.54, 1.807) is 7.11 Å². The lowest BCUT2D eigenvalue weighted by atomic mass is 10.2. The minimum atomic E-state index is 0. The number of guanidine groups is 1. The van der Waals surface area contributed by atoms with Gasteiger partial charge in [0.05, 0.1) is 13.2 Å². The van der Waals surface area contributed by atoms with Gasteiger partial charge in [0.1, 0.15) is 0 Å². The van der Waals surface area contributed by atoms with Crippen molar-refractivity contribution in [2.24, 2.45) is 4.99 Å². The summed E-state index contributed by atoms with van der Waals surface area (Å²) in [5, 5.41) is 7.02. The molecule has 1 fully saturated rings. The number of likely N-dealkylation sites (N-methyl/N-ethyl adjacent to an activating group) is 1. The summed E-state index contributed by atoms with van der Waals surface area (Å²) in [6.07, 6.45) is 1.14. The topological polar surface area (TPSA) is 52.1 Å². The largest absolute Gasteiger partial charge is 0.383 e. The molecular weight excluding hydrogens is 465 g/mol. The molecule has 1 aromatic carbocycles. The van der Waals surface area contributed by atoms with Crippen molar-refractivity contribution >= 4 is 29.9 Å². The van der Waals surface area contributed by atoms with Crippen molar-refractivity contribution in [2.45, 2.75) is 38.9 Å². The van der Waals surface area contributed by atoms with E-state index in [1.165, 1.54) is 5.56 Å². The number of hydrogen-bond acceptors (Lipinski definition) is 4. The predicted octanol–water partition coefficient (Wildman–Crippen LogP) is 2.40. The Balaban J connectivity index is 0.00000392. The summed E-state index contributed by atoms with van der Waals surface area (Å²) in [5.74, 6) is 0.927. The molecule has 1 aliphatic heterocycles. The Morgan fingerprint density at radius 2 is 2.04 bits per heavy atom. The van der Waals surface area contributed by atoms with Crippen LogP contribution in [0.25, 0.3) is 0 Å². The number of hydrogen-bond donors (Lipinski definition) is 2. The highest BCUT2D eigenvalue weighted by Gasteiger charge is 2.29. The first kappa shape index (κ1) is 25.1. The maximum Gasteiger partial charge on any atom is 0.191 e. The van der Waals surface area contributed by atoms with Crippen LogP contribution in [-0.2, 0) is 11.3 Å². The summed E-state index contributed by atoms with van der Waals surface area (Å²) >= 11 is 0. The number of nitrogens with zero attached hydrogens (tertiary/aromatic N) is 3. The van der Waals surface area contributed by atoms with Gasteiger partial charge in [0.15, 0.2) is 5.96 Å². The predicted molar refractivity (Wildman–Crippen MR) is 129 cm³/mol. The Labute approximate surface area is 188 Å². The molecule has 7 heteroatoms. The molecule has 160 valence electrons. The van der Waals surface area contributed by atoms with Crippen LogP contribution in [0.4, 0.5) is 0 Å². The highest BCUT2D eigenvalue weighted by atomic mass is 127. The van der Waals surface area contributed by atoms with Gasteiger partial charge in [-0.15, -0.1) is 24.0 Å². The first-order chi connectivity index (χ1) is 13.1. The van der Waals surface area contributed by atoms with E-state index in [-0.39, 0.29) is 24.0 Å². The molecule has 1 heterocycles. The molecule has 2 N–H and O–H groups in total. The van der Waals surface area contributed by atoms with Crippen molar-refractivity contribution in [2.75, 3.05) is 53.5 Å². The fourth-order valence-electron chi connectivity index (χ4n) is 3.45. The molecule has 2 atom stereocenters. The van der Waals surface area contributed by atoms with Crippen molar-refractivity contribution in [3.63, 3.8) is 0 Å². The summed E-state index contributed by atoms with van der Waals surface area (Å²) < 4.78 is 5.12. The van der Waals surface area contributed by atoms with Crippen molar-refractivity contribution in [3.8, 4) is 0 Å². The fourth-order valence-corrected chi connectivity index (χ4v) is 3.45. The Bertz CT molecular complexity index is 557. The third-order valence-electron chi connectivity index (χ3n) is 5.05. The van der Waals surface area contributed by atoms with Crippen LogP contribution in [0.3, 0.4) is 0 Å². The standard InChI is InChI=1S/C21H37N5O.HI/c1-5-22-21(23-11-12-25(3)13-14-27-4)24-20-15-18(2)26(17-20)16-19-9-7-6-8-10-19;/h6-10,18,20H,5,11-17H2,1-4H3,(H2,22,23,24);1H. The van der Waals surface area contributed by atoms with Crippen molar-refractivity contribution in [1.82, 2.24) is 20.4 Å². The summed E-state index contributed by atoms with van der Waals surface area (Å²) in [6.45, 7) is 10.8. The summed E-state index contributed by atoms with van der Waals surface area (Å²) in [5.41, 5.74) is 1.38. The number of rotatable bonds is 10. The van der Waals surface area contributed by atoms with Crippen LogP contribution in [0.2, 0.25) is 0 Å². The number of halogens is 1. The molecule has 0 spiro atoms. The second-order valence-electron chi connectivity index (χ2n) is 7.40. The lowest BCUT2D eigenvalue weighted by Crippen LogP contribution is -2.45. The van der Waals surface area contributed by atoms with E-state index in [1.807, 2.05) is 0 Å².